The Bertz CT molecular complexity index is 494. The van der Waals surface area contributed by atoms with Crippen LogP contribution in [0.25, 0.3) is 5.70 Å². The SMILES string of the molecule is C=CC=C(C=C([NH2+]O)c1ccccn1)OCCN(CC)CC. The molecule has 0 aromatic carbocycles. The van der Waals surface area contributed by atoms with Gasteiger partial charge in [-0.1, -0.05) is 32.6 Å². The van der Waals surface area contributed by atoms with E-state index in [1.807, 2.05) is 18.2 Å². The Morgan fingerprint density at radius 2 is 2.18 bits per heavy atom. The van der Waals surface area contributed by atoms with Gasteiger partial charge in [0.15, 0.2) is 5.70 Å². The van der Waals surface area contributed by atoms with Crippen molar-refractivity contribution in [2.24, 2.45) is 0 Å². The Labute approximate surface area is 132 Å². The number of likely N-dealkylation sites (N-methyl/N-ethyl adjacent to an activating group) is 1. The maximum atomic E-state index is 9.44. The van der Waals surface area contributed by atoms with Crippen LogP contribution in [0.5, 0.6) is 0 Å². The molecule has 0 spiro atoms. The van der Waals surface area contributed by atoms with Gasteiger partial charge in [0.05, 0.1) is 0 Å². The molecule has 0 amide bonds. The summed E-state index contributed by atoms with van der Waals surface area (Å²) >= 11 is 0. The van der Waals surface area contributed by atoms with Crippen molar-refractivity contribution in [3.63, 3.8) is 0 Å². The van der Waals surface area contributed by atoms with E-state index >= 15 is 0 Å². The van der Waals surface area contributed by atoms with E-state index in [4.69, 9.17) is 4.74 Å². The Hall–Kier alpha value is -1.95. The summed E-state index contributed by atoms with van der Waals surface area (Å²) in [7, 11) is 0. The Kier molecular flexibility index (Phi) is 8.83. The molecule has 22 heavy (non-hydrogen) atoms. The summed E-state index contributed by atoms with van der Waals surface area (Å²) in [4.78, 5) is 6.51. The smallest absolute Gasteiger partial charge is 0.191 e. The summed E-state index contributed by atoms with van der Waals surface area (Å²) < 4.78 is 5.78. The minimum atomic E-state index is 0.582. The van der Waals surface area contributed by atoms with Gasteiger partial charge in [0.1, 0.15) is 18.1 Å². The van der Waals surface area contributed by atoms with Crippen LogP contribution in [0.1, 0.15) is 19.5 Å². The van der Waals surface area contributed by atoms with E-state index in [-0.39, 0.29) is 0 Å². The maximum Gasteiger partial charge on any atom is 0.191 e. The Morgan fingerprint density at radius 1 is 1.41 bits per heavy atom. The van der Waals surface area contributed by atoms with Crippen LogP contribution >= 0.6 is 0 Å². The van der Waals surface area contributed by atoms with Crippen molar-refractivity contribution >= 4 is 5.70 Å². The first-order valence-electron chi connectivity index (χ1n) is 7.53. The molecule has 1 aromatic rings. The van der Waals surface area contributed by atoms with Crippen molar-refractivity contribution in [2.45, 2.75) is 13.8 Å². The predicted octanol–water partition coefficient (Wildman–Crippen LogP) is 1.80. The number of aromatic nitrogens is 1. The van der Waals surface area contributed by atoms with Crippen LogP contribution in [0.4, 0.5) is 0 Å². The second kappa shape index (κ2) is 10.7. The topological polar surface area (TPSA) is 62.2 Å². The van der Waals surface area contributed by atoms with Crippen molar-refractivity contribution in [1.82, 2.24) is 9.88 Å². The first-order valence-corrected chi connectivity index (χ1v) is 7.53. The summed E-state index contributed by atoms with van der Waals surface area (Å²) in [5.41, 5.74) is 2.32. The minimum absolute atomic E-state index is 0.582. The molecule has 0 radical (unpaired) electrons. The number of hydrogen-bond donors (Lipinski definition) is 2. The molecule has 0 fully saturated rings. The molecule has 1 aromatic heterocycles. The quantitative estimate of drug-likeness (QED) is 0.393. The largest absolute Gasteiger partial charge is 0.492 e. The highest BCUT2D eigenvalue weighted by Crippen LogP contribution is 2.09. The first kappa shape index (κ1) is 18.1. The highest BCUT2D eigenvalue weighted by molar-refractivity contribution is 5.56. The number of allylic oxidation sites excluding steroid dienone is 3. The summed E-state index contributed by atoms with van der Waals surface area (Å²) in [6, 6.07) is 5.54. The lowest BCUT2D eigenvalue weighted by molar-refractivity contribution is -0.819. The molecule has 3 N–H and O–H groups in total. The average Bonchev–Trinajstić information content (AvgIpc) is 2.57. The number of nitrogens with zero attached hydrogens (tertiary/aromatic N) is 2. The number of nitrogens with two attached hydrogens (primary N) is 1. The van der Waals surface area contributed by atoms with Crippen LogP contribution in [0.3, 0.4) is 0 Å². The number of rotatable bonds is 10. The molecule has 0 atom stereocenters. The van der Waals surface area contributed by atoms with E-state index in [9.17, 15) is 5.21 Å². The standard InChI is InChI=1S/C17H25N3O2/c1-4-9-15(22-13-12-20(5-2)6-3)14-17(19-21)16-10-7-8-11-18-16/h4,7-11,14,19,21H,1,5-6,12-13H2,2-3H3/p+1. The van der Waals surface area contributed by atoms with Crippen molar-refractivity contribution in [3.05, 3.63) is 60.7 Å². The molecule has 0 bridgehead atoms. The van der Waals surface area contributed by atoms with Crippen molar-refractivity contribution < 1.29 is 15.4 Å². The third-order valence-electron chi connectivity index (χ3n) is 3.25. The Balaban J connectivity index is 2.76. The highest BCUT2D eigenvalue weighted by Gasteiger charge is 2.08. The second-order valence-electron chi connectivity index (χ2n) is 4.62. The van der Waals surface area contributed by atoms with Crippen LogP contribution in [0.2, 0.25) is 0 Å². The van der Waals surface area contributed by atoms with E-state index < -0.39 is 0 Å². The number of hydrogen-bond acceptors (Lipinski definition) is 4. The lowest BCUT2D eigenvalue weighted by atomic mass is 10.2. The molecule has 5 nitrogen and oxygen atoms in total. The molecule has 0 unspecified atom stereocenters. The third-order valence-corrected chi connectivity index (χ3v) is 3.25. The molecule has 120 valence electrons. The molecular formula is C17H26N3O2+. The zero-order valence-electron chi connectivity index (χ0n) is 13.4. The van der Waals surface area contributed by atoms with E-state index in [1.165, 1.54) is 0 Å². The van der Waals surface area contributed by atoms with Crippen molar-refractivity contribution in [2.75, 3.05) is 26.2 Å². The third kappa shape index (κ3) is 6.22. The lowest BCUT2D eigenvalue weighted by Gasteiger charge is -2.18. The van der Waals surface area contributed by atoms with Gasteiger partial charge < -0.3 is 9.64 Å². The monoisotopic (exact) mass is 304 g/mol. The van der Waals surface area contributed by atoms with E-state index in [1.54, 1.807) is 24.4 Å². The lowest BCUT2D eigenvalue weighted by Crippen LogP contribution is -2.77. The van der Waals surface area contributed by atoms with Gasteiger partial charge in [-0.25, -0.2) is 5.21 Å². The number of hydroxylamine groups is 1. The van der Waals surface area contributed by atoms with Gasteiger partial charge in [-0.15, -0.1) is 0 Å². The van der Waals surface area contributed by atoms with Crippen molar-refractivity contribution in [3.8, 4) is 0 Å². The predicted molar refractivity (Wildman–Crippen MR) is 87.9 cm³/mol. The number of pyridine rings is 1. The van der Waals surface area contributed by atoms with Crippen LogP contribution in [-0.4, -0.2) is 41.3 Å². The van der Waals surface area contributed by atoms with E-state index in [0.29, 0.717) is 23.8 Å². The molecule has 0 aliphatic carbocycles. The molecule has 0 saturated carbocycles. The maximum absolute atomic E-state index is 9.44. The van der Waals surface area contributed by atoms with Crippen LogP contribution in [0, 0.1) is 0 Å². The van der Waals surface area contributed by atoms with Gasteiger partial charge in [-0.2, -0.15) is 5.48 Å². The van der Waals surface area contributed by atoms with Crippen LogP contribution in [-0.2, 0) is 4.74 Å². The normalized spacial score (nSPS) is 12.5. The summed E-state index contributed by atoms with van der Waals surface area (Å²) in [6.07, 6.45) is 6.88. The molecule has 0 saturated heterocycles. The van der Waals surface area contributed by atoms with Gasteiger partial charge in [0, 0.05) is 18.8 Å². The molecule has 0 aliphatic heterocycles. The van der Waals surface area contributed by atoms with Gasteiger partial charge in [-0.05, 0) is 31.3 Å². The van der Waals surface area contributed by atoms with Gasteiger partial charge in [0.25, 0.3) is 0 Å². The van der Waals surface area contributed by atoms with Gasteiger partial charge in [0.2, 0.25) is 0 Å². The first-order chi connectivity index (χ1) is 10.7. The second-order valence-corrected chi connectivity index (χ2v) is 4.62. The molecule has 0 aliphatic rings. The fourth-order valence-corrected chi connectivity index (χ4v) is 1.95. The molecule has 1 rings (SSSR count). The highest BCUT2D eigenvalue weighted by atomic mass is 16.5. The van der Waals surface area contributed by atoms with Crippen LogP contribution in [0.15, 0.2) is 55.0 Å². The molecule has 5 heteroatoms. The molecule has 1 heterocycles. The zero-order chi connectivity index (χ0) is 16.2. The van der Waals surface area contributed by atoms with Crippen molar-refractivity contribution in [1.29, 1.82) is 0 Å². The summed E-state index contributed by atoms with van der Waals surface area (Å²) in [5, 5.41) is 9.44. The fourth-order valence-electron chi connectivity index (χ4n) is 1.95. The number of quaternary nitrogens is 1. The number of ether oxygens (including phenoxy) is 1. The van der Waals surface area contributed by atoms with Gasteiger partial charge in [-0.3, -0.25) is 4.98 Å². The summed E-state index contributed by atoms with van der Waals surface area (Å²) in [5.74, 6) is 0.646. The Morgan fingerprint density at radius 3 is 2.73 bits per heavy atom. The summed E-state index contributed by atoms with van der Waals surface area (Å²) in [6.45, 7) is 11.4. The minimum Gasteiger partial charge on any atom is -0.492 e. The average molecular weight is 304 g/mol. The van der Waals surface area contributed by atoms with Gasteiger partial charge >= 0.3 is 0 Å². The van der Waals surface area contributed by atoms with Crippen LogP contribution < -0.4 is 5.48 Å². The molecular weight excluding hydrogens is 278 g/mol. The van der Waals surface area contributed by atoms with E-state index in [0.717, 1.165) is 25.1 Å². The zero-order valence-corrected chi connectivity index (χ0v) is 13.4. The van der Waals surface area contributed by atoms with E-state index in [2.05, 4.69) is 30.3 Å². The fraction of sp³-hybridized carbons (Fsp3) is 0.353.